The summed E-state index contributed by atoms with van der Waals surface area (Å²) in [4.78, 5) is 0. The summed E-state index contributed by atoms with van der Waals surface area (Å²) in [5.41, 5.74) is 3.19. The molecule has 0 aliphatic rings. The van der Waals surface area contributed by atoms with Crippen molar-refractivity contribution >= 4 is 6.08 Å². The van der Waals surface area contributed by atoms with Gasteiger partial charge >= 0.3 is 0 Å². The van der Waals surface area contributed by atoms with E-state index in [9.17, 15) is 0 Å². The van der Waals surface area contributed by atoms with Crippen LogP contribution >= 0.6 is 0 Å². The Kier molecular flexibility index (Phi) is 3.38. The second-order valence-corrected chi connectivity index (χ2v) is 2.18. The van der Waals surface area contributed by atoms with Crippen LogP contribution in [-0.4, -0.2) is 11.8 Å². The molecular formula is C9H11NO. The van der Waals surface area contributed by atoms with Crippen molar-refractivity contribution in [1.82, 2.24) is 5.48 Å². The molecule has 0 saturated carbocycles. The van der Waals surface area contributed by atoms with Crippen molar-refractivity contribution in [3.8, 4) is 0 Å². The van der Waals surface area contributed by atoms with Crippen LogP contribution in [0.5, 0.6) is 0 Å². The fourth-order valence-corrected chi connectivity index (χ4v) is 0.812. The molecule has 0 fully saturated rings. The lowest BCUT2D eigenvalue weighted by Crippen LogP contribution is -2.04. The summed E-state index contributed by atoms with van der Waals surface area (Å²) in [5.74, 6) is 0. The Bertz CT molecular complexity index is 218. The van der Waals surface area contributed by atoms with Gasteiger partial charge < -0.3 is 5.21 Å². The molecule has 0 heterocycles. The first-order valence-electron chi connectivity index (χ1n) is 3.52. The minimum atomic E-state index is 0.481. The van der Waals surface area contributed by atoms with Crippen LogP contribution in [0.15, 0.2) is 36.4 Å². The minimum absolute atomic E-state index is 0.481. The molecule has 0 unspecified atom stereocenters. The second kappa shape index (κ2) is 4.66. The third-order valence-electron chi connectivity index (χ3n) is 1.32. The van der Waals surface area contributed by atoms with Crippen molar-refractivity contribution in [3.05, 3.63) is 42.0 Å². The van der Waals surface area contributed by atoms with E-state index in [1.54, 1.807) is 0 Å². The average Bonchev–Trinajstić information content (AvgIpc) is 2.07. The summed E-state index contributed by atoms with van der Waals surface area (Å²) in [5, 5.41) is 8.24. The zero-order valence-corrected chi connectivity index (χ0v) is 6.20. The monoisotopic (exact) mass is 149 g/mol. The minimum Gasteiger partial charge on any atom is -0.317 e. The van der Waals surface area contributed by atoms with Crippen LogP contribution in [0.4, 0.5) is 0 Å². The molecule has 0 aromatic heterocycles. The highest BCUT2D eigenvalue weighted by Crippen LogP contribution is 1.99. The molecule has 0 radical (unpaired) electrons. The highest BCUT2D eigenvalue weighted by molar-refractivity contribution is 5.48. The molecule has 0 aliphatic heterocycles. The van der Waals surface area contributed by atoms with Gasteiger partial charge in [-0.25, -0.2) is 5.48 Å². The molecule has 2 N–H and O–H groups in total. The van der Waals surface area contributed by atoms with Crippen molar-refractivity contribution in [1.29, 1.82) is 0 Å². The fraction of sp³-hybridized carbons (Fsp3) is 0.111. The molecule has 0 atom stereocenters. The number of hydroxylamine groups is 1. The maximum absolute atomic E-state index is 8.24. The van der Waals surface area contributed by atoms with Gasteiger partial charge in [-0.15, -0.1) is 0 Å². The molecule has 1 aromatic carbocycles. The number of benzene rings is 1. The summed E-state index contributed by atoms with van der Waals surface area (Å²) in [6, 6.07) is 9.95. The van der Waals surface area contributed by atoms with E-state index in [0.717, 1.165) is 5.56 Å². The van der Waals surface area contributed by atoms with Crippen LogP contribution in [0.1, 0.15) is 5.56 Å². The molecule has 0 aliphatic carbocycles. The summed E-state index contributed by atoms with van der Waals surface area (Å²) in [6.45, 7) is 0.481. The maximum atomic E-state index is 8.24. The van der Waals surface area contributed by atoms with Crippen molar-refractivity contribution in [3.63, 3.8) is 0 Å². The maximum Gasteiger partial charge on any atom is 0.0391 e. The van der Waals surface area contributed by atoms with Gasteiger partial charge in [-0.3, -0.25) is 0 Å². The SMILES string of the molecule is ONC/C=C/c1ccccc1. The van der Waals surface area contributed by atoms with E-state index in [4.69, 9.17) is 5.21 Å². The first kappa shape index (κ1) is 7.98. The summed E-state index contributed by atoms with van der Waals surface area (Å²) >= 11 is 0. The number of rotatable bonds is 3. The van der Waals surface area contributed by atoms with Gasteiger partial charge in [-0.1, -0.05) is 42.5 Å². The largest absolute Gasteiger partial charge is 0.317 e. The van der Waals surface area contributed by atoms with E-state index in [1.807, 2.05) is 42.5 Å². The first-order valence-corrected chi connectivity index (χ1v) is 3.52. The predicted octanol–water partition coefficient (Wildman–Crippen LogP) is 1.68. The van der Waals surface area contributed by atoms with Gasteiger partial charge in [0.2, 0.25) is 0 Å². The second-order valence-electron chi connectivity index (χ2n) is 2.18. The Balaban J connectivity index is 2.50. The Morgan fingerprint density at radius 3 is 2.64 bits per heavy atom. The topological polar surface area (TPSA) is 32.3 Å². The normalized spacial score (nSPS) is 10.6. The molecule has 11 heavy (non-hydrogen) atoms. The van der Waals surface area contributed by atoms with Gasteiger partial charge in [0, 0.05) is 6.54 Å². The highest BCUT2D eigenvalue weighted by atomic mass is 16.5. The van der Waals surface area contributed by atoms with E-state index in [1.165, 1.54) is 0 Å². The van der Waals surface area contributed by atoms with Crippen LogP contribution in [0.2, 0.25) is 0 Å². The van der Waals surface area contributed by atoms with Crippen molar-refractivity contribution in [2.24, 2.45) is 0 Å². The molecule has 58 valence electrons. The lowest BCUT2D eigenvalue weighted by molar-refractivity contribution is 0.180. The predicted molar refractivity (Wildman–Crippen MR) is 45.3 cm³/mol. The molecule has 2 heteroatoms. The molecule has 0 saturated heterocycles. The Morgan fingerprint density at radius 1 is 1.27 bits per heavy atom. The van der Waals surface area contributed by atoms with Gasteiger partial charge in [0.1, 0.15) is 0 Å². The van der Waals surface area contributed by atoms with E-state index in [-0.39, 0.29) is 0 Å². The zero-order valence-electron chi connectivity index (χ0n) is 6.20. The third kappa shape index (κ3) is 2.98. The van der Waals surface area contributed by atoms with Gasteiger partial charge in [0.15, 0.2) is 0 Å². The van der Waals surface area contributed by atoms with E-state index < -0.39 is 0 Å². The van der Waals surface area contributed by atoms with Gasteiger partial charge in [0.05, 0.1) is 0 Å². The first-order chi connectivity index (χ1) is 5.43. The van der Waals surface area contributed by atoms with Gasteiger partial charge in [-0.05, 0) is 5.56 Å². The molecular weight excluding hydrogens is 138 g/mol. The quantitative estimate of drug-likeness (QED) is 0.641. The fourth-order valence-electron chi connectivity index (χ4n) is 0.812. The summed E-state index contributed by atoms with van der Waals surface area (Å²) in [6.07, 6.45) is 3.80. The van der Waals surface area contributed by atoms with Crippen LogP contribution in [-0.2, 0) is 0 Å². The van der Waals surface area contributed by atoms with Crippen LogP contribution in [0.3, 0.4) is 0 Å². The lowest BCUT2D eigenvalue weighted by Gasteiger charge is -1.90. The van der Waals surface area contributed by atoms with Crippen LogP contribution in [0, 0.1) is 0 Å². The molecule has 1 rings (SSSR count). The Morgan fingerprint density at radius 2 is 2.00 bits per heavy atom. The van der Waals surface area contributed by atoms with Crippen molar-refractivity contribution in [2.75, 3.05) is 6.54 Å². The van der Waals surface area contributed by atoms with Crippen molar-refractivity contribution < 1.29 is 5.21 Å². The summed E-state index contributed by atoms with van der Waals surface area (Å²) < 4.78 is 0. The van der Waals surface area contributed by atoms with Crippen LogP contribution < -0.4 is 5.48 Å². The molecule has 0 spiro atoms. The summed E-state index contributed by atoms with van der Waals surface area (Å²) in [7, 11) is 0. The molecule has 2 nitrogen and oxygen atoms in total. The molecule has 0 bridgehead atoms. The van der Waals surface area contributed by atoms with E-state index in [2.05, 4.69) is 5.48 Å². The van der Waals surface area contributed by atoms with E-state index in [0.29, 0.717) is 6.54 Å². The van der Waals surface area contributed by atoms with Gasteiger partial charge in [-0.2, -0.15) is 0 Å². The van der Waals surface area contributed by atoms with Gasteiger partial charge in [0.25, 0.3) is 0 Å². The standard InChI is InChI=1S/C9H11NO/c11-10-8-4-7-9-5-2-1-3-6-9/h1-7,10-11H,8H2/b7-4+. The number of hydrogen-bond donors (Lipinski definition) is 2. The lowest BCUT2D eigenvalue weighted by atomic mass is 10.2. The highest BCUT2D eigenvalue weighted by Gasteiger charge is 1.80. The third-order valence-corrected chi connectivity index (χ3v) is 1.32. The van der Waals surface area contributed by atoms with E-state index >= 15 is 0 Å². The Hall–Kier alpha value is -1.12. The molecule has 1 aromatic rings. The Labute approximate surface area is 66.1 Å². The zero-order chi connectivity index (χ0) is 7.94. The smallest absolute Gasteiger partial charge is 0.0391 e. The van der Waals surface area contributed by atoms with Crippen molar-refractivity contribution in [2.45, 2.75) is 0 Å². The average molecular weight is 149 g/mol. The number of hydrogen-bond acceptors (Lipinski definition) is 2. The van der Waals surface area contributed by atoms with Crippen LogP contribution in [0.25, 0.3) is 6.08 Å². The number of nitrogens with one attached hydrogen (secondary N) is 1. The molecule has 0 amide bonds.